The van der Waals surface area contributed by atoms with Crippen molar-refractivity contribution < 1.29 is 27.5 Å². The summed E-state index contributed by atoms with van der Waals surface area (Å²) in [4.78, 5) is 24.1. The van der Waals surface area contributed by atoms with Crippen LogP contribution in [0.25, 0.3) is 0 Å². The molecule has 3 rings (SSSR count). The van der Waals surface area contributed by atoms with Crippen LogP contribution in [0.1, 0.15) is 22.2 Å². The van der Waals surface area contributed by atoms with Gasteiger partial charge in [-0.25, -0.2) is 8.78 Å². The maximum Gasteiger partial charge on any atom is 0.291 e. The highest BCUT2D eigenvalue weighted by Gasteiger charge is 2.18. The number of hydrogen-bond acceptors (Lipinski definition) is 5. The van der Waals surface area contributed by atoms with Gasteiger partial charge in [0.2, 0.25) is 0 Å². The molecule has 0 bridgehead atoms. The number of halogens is 2. The molecule has 7 nitrogen and oxygen atoms in total. The molecular weight excluding hydrogens is 396 g/mol. The monoisotopic (exact) mass is 411 g/mol. The number of carbonyl (C=O) groups is 2. The first-order valence-corrected chi connectivity index (χ1v) is 8.68. The van der Waals surface area contributed by atoms with Gasteiger partial charge >= 0.3 is 0 Å². The quantitative estimate of drug-likeness (QED) is 0.619. The van der Waals surface area contributed by atoms with E-state index < -0.39 is 36.1 Å². The molecular formula is C21H15F2N3O4. The van der Waals surface area contributed by atoms with Crippen LogP contribution in [0.5, 0.6) is 5.75 Å². The minimum Gasteiger partial charge on any atom is -0.484 e. The topological polar surface area (TPSA) is 104 Å². The number of nitrogens with one attached hydrogen (secondary N) is 2. The Hall–Kier alpha value is -4.19. The van der Waals surface area contributed by atoms with Crippen molar-refractivity contribution in [2.45, 2.75) is 6.04 Å². The zero-order valence-electron chi connectivity index (χ0n) is 15.4. The summed E-state index contributed by atoms with van der Waals surface area (Å²) in [5.74, 6) is -2.45. The molecule has 2 amide bonds. The Morgan fingerprint density at radius 3 is 2.67 bits per heavy atom. The lowest BCUT2D eigenvalue weighted by molar-refractivity contribution is -0.123. The molecule has 0 aliphatic rings. The number of hydrogen-bond donors (Lipinski definition) is 2. The summed E-state index contributed by atoms with van der Waals surface area (Å²) >= 11 is 0. The van der Waals surface area contributed by atoms with Gasteiger partial charge in [0.05, 0.1) is 12.3 Å². The average Bonchev–Trinajstić information content (AvgIpc) is 3.26. The molecule has 3 aromatic rings. The lowest BCUT2D eigenvalue weighted by Crippen LogP contribution is -2.32. The van der Waals surface area contributed by atoms with E-state index in [0.717, 1.165) is 12.1 Å². The predicted octanol–water partition coefficient (Wildman–Crippen LogP) is 3.57. The number of amides is 2. The van der Waals surface area contributed by atoms with Gasteiger partial charge in [-0.05, 0) is 30.3 Å². The van der Waals surface area contributed by atoms with E-state index in [1.54, 1.807) is 30.3 Å². The largest absolute Gasteiger partial charge is 0.484 e. The molecule has 0 saturated carbocycles. The molecule has 1 atom stereocenters. The first kappa shape index (κ1) is 20.5. The number of anilines is 1. The second kappa shape index (κ2) is 9.34. The van der Waals surface area contributed by atoms with E-state index in [9.17, 15) is 23.6 Å². The van der Waals surface area contributed by atoms with Crippen LogP contribution < -0.4 is 15.4 Å². The number of benzene rings is 2. The van der Waals surface area contributed by atoms with Crippen molar-refractivity contribution in [3.63, 3.8) is 0 Å². The van der Waals surface area contributed by atoms with Gasteiger partial charge in [0, 0.05) is 23.4 Å². The van der Waals surface area contributed by atoms with E-state index in [0.29, 0.717) is 11.8 Å². The van der Waals surface area contributed by atoms with Crippen molar-refractivity contribution >= 4 is 17.5 Å². The third-order valence-corrected chi connectivity index (χ3v) is 3.91. The number of furan rings is 1. The lowest BCUT2D eigenvalue weighted by atomic mass is 10.1. The second-order valence-corrected chi connectivity index (χ2v) is 6.04. The van der Waals surface area contributed by atoms with Gasteiger partial charge in [0.15, 0.2) is 12.4 Å². The molecule has 0 fully saturated rings. The number of rotatable bonds is 7. The van der Waals surface area contributed by atoms with Gasteiger partial charge < -0.3 is 19.8 Å². The minimum atomic E-state index is -1.30. The van der Waals surface area contributed by atoms with E-state index >= 15 is 0 Å². The molecule has 30 heavy (non-hydrogen) atoms. The standard InChI is InChI=1S/C21H15F2N3O4/c22-13-6-7-16(17(23)9-13)18(11-24)26-20(27)12-30-15-4-1-3-14(10-15)25-21(28)19-5-2-8-29-19/h1-10,18H,12H2,(H,25,28)(H,26,27). The number of nitrogens with zero attached hydrogens (tertiary/aromatic N) is 1. The lowest BCUT2D eigenvalue weighted by Gasteiger charge is -2.14. The summed E-state index contributed by atoms with van der Waals surface area (Å²) in [6, 6.07) is 12.5. The molecule has 1 heterocycles. The highest BCUT2D eigenvalue weighted by molar-refractivity contribution is 6.02. The third-order valence-electron chi connectivity index (χ3n) is 3.91. The Bertz CT molecular complexity index is 1090. The zero-order valence-corrected chi connectivity index (χ0v) is 15.4. The van der Waals surface area contributed by atoms with Crippen LogP contribution in [0.3, 0.4) is 0 Å². The number of ether oxygens (including phenoxy) is 1. The van der Waals surface area contributed by atoms with Crippen LogP contribution in [0.15, 0.2) is 65.3 Å². The molecule has 0 aliphatic heterocycles. The fourth-order valence-corrected chi connectivity index (χ4v) is 2.53. The summed E-state index contributed by atoms with van der Waals surface area (Å²) in [5, 5.41) is 14.1. The van der Waals surface area contributed by atoms with Gasteiger partial charge in [-0.2, -0.15) is 5.26 Å². The Morgan fingerprint density at radius 2 is 1.97 bits per heavy atom. The van der Waals surface area contributed by atoms with Crippen LogP contribution in [0, 0.1) is 23.0 Å². The first-order valence-electron chi connectivity index (χ1n) is 8.68. The van der Waals surface area contributed by atoms with Crippen LogP contribution in [-0.4, -0.2) is 18.4 Å². The number of nitriles is 1. The summed E-state index contributed by atoms with van der Waals surface area (Å²) in [5.41, 5.74) is 0.257. The van der Waals surface area contributed by atoms with Gasteiger partial charge in [-0.15, -0.1) is 0 Å². The maximum atomic E-state index is 13.8. The SMILES string of the molecule is N#CC(NC(=O)COc1cccc(NC(=O)c2ccco2)c1)c1ccc(F)cc1F. The summed E-state index contributed by atoms with van der Waals surface area (Å²) in [7, 11) is 0. The van der Waals surface area contributed by atoms with Crippen LogP contribution in [-0.2, 0) is 4.79 Å². The molecule has 9 heteroatoms. The Labute approximate surface area is 169 Å². The molecule has 1 unspecified atom stereocenters. The van der Waals surface area contributed by atoms with Crippen LogP contribution >= 0.6 is 0 Å². The summed E-state index contributed by atoms with van der Waals surface area (Å²) in [6.45, 7) is -0.462. The predicted molar refractivity (Wildman–Crippen MR) is 101 cm³/mol. The highest BCUT2D eigenvalue weighted by Crippen LogP contribution is 2.19. The summed E-state index contributed by atoms with van der Waals surface area (Å²) in [6.07, 6.45) is 1.37. The van der Waals surface area contributed by atoms with E-state index in [4.69, 9.17) is 9.15 Å². The third kappa shape index (κ3) is 5.20. The zero-order chi connectivity index (χ0) is 21.5. The van der Waals surface area contributed by atoms with Crippen LogP contribution in [0.4, 0.5) is 14.5 Å². The van der Waals surface area contributed by atoms with E-state index in [2.05, 4.69) is 10.6 Å². The second-order valence-electron chi connectivity index (χ2n) is 6.04. The van der Waals surface area contributed by atoms with Crippen molar-refractivity contribution in [3.05, 3.63) is 83.8 Å². The molecule has 152 valence electrons. The van der Waals surface area contributed by atoms with E-state index in [-0.39, 0.29) is 17.1 Å². The van der Waals surface area contributed by atoms with Gasteiger partial charge in [-0.1, -0.05) is 12.1 Å². The van der Waals surface area contributed by atoms with Crippen molar-refractivity contribution in [1.29, 1.82) is 5.26 Å². The fraction of sp³-hybridized carbons (Fsp3) is 0.0952. The van der Waals surface area contributed by atoms with Gasteiger partial charge in [0.1, 0.15) is 23.4 Å². The molecule has 0 radical (unpaired) electrons. The molecule has 2 N–H and O–H groups in total. The minimum absolute atomic E-state index is 0.135. The van der Waals surface area contributed by atoms with Crippen LogP contribution in [0.2, 0.25) is 0 Å². The average molecular weight is 411 g/mol. The fourth-order valence-electron chi connectivity index (χ4n) is 2.53. The van der Waals surface area contributed by atoms with Crippen molar-refractivity contribution in [1.82, 2.24) is 5.32 Å². The first-order chi connectivity index (χ1) is 14.5. The Morgan fingerprint density at radius 1 is 1.13 bits per heavy atom. The van der Waals surface area contributed by atoms with Gasteiger partial charge in [-0.3, -0.25) is 9.59 Å². The summed E-state index contributed by atoms with van der Waals surface area (Å²) < 4.78 is 37.2. The van der Waals surface area contributed by atoms with Crippen molar-refractivity contribution in [2.75, 3.05) is 11.9 Å². The maximum absolute atomic E-state index is 13.8. The van der Waals surface area contributed by atoms with Gasteiger partial charge in [0.25, 0.3) is 11.8 Å². The van der Waals surface area contributed by atoms with E-state index in [1.165, 1.54) is 18.4 Å². The molecule has 0 aliphatic carbocycles. The normalized spacial score (nSPS) is 11.2. The molecule has 1 aromatic heterocycles. The smallest absolute Gasteiger partial charge is 0.291 e. The molecule has 0 spiro atoms. The molecule has 0 saturated heterocycles. The highest BCUT2D eigenvalue weighted by atomic mass is 19.1. The Balaban J connectivity index is 1.57. The Kier molecular flexibility index (Phi) is 6.39. The van der Waals surface area contributed by atoms with E-state index in [1.807, 2.05) is 0 Å². The number of carbonyl (C=O) groups excluding carboxylic acids is 2. The molecule has 2 aromatic carbocycles. The van der Waals surface area contributed by atoms with Crippen molar-refractivity contribution in [3.8, 4) is 11.8 Å². The van der Waals surface area contributed by atoms with Crippen molar-refractivity contribution in [2.24, 2.45) is 0 Å².